The third-order valence-electron chi connectivity index (χ3n) is 4.23. The largest absolute Gasteiger partial charge is 0.367 e. The molecule has 0 radical (unpaired) electrons. The highest BCUT2D eigenvalue weighted by Crippen LogP contribution is 2.28. The van der Waals surface area contributed by atoms with Crippen molar-refractivity contribution in [2.45, 2.75) is 57.5 Å². The van der Waals surface area contributed by atoms with Crippen molar-refractivity contribution in [2.75, 3.05) is 5.32 Å². The lowest BCUT2D eigenvalue weighted by Gasteiger charge is -2.29. The zero-order valence-corrected chi connectivity index (χ0v) is 12.1. The van der Waals surface area contributed by atoms with Crippen molar-refractivity contribution < 1.29 is 4.79 Å². The van der Waals surface area contributed by atoms with Crippen LogP contribution in [0.3, 0.4) is 0 Å². The molecule has 4 nitrogen and oxygen atoms in total. The second-order valence-corrected chi connectivity index (χ2v) is 6.21. The van der Waals surface area contributed by atoms with E-state index in [9.17, 15) is 4.79 Å². The van der Waals surface area contributed by atoms with Gasteiger partial charge in [-0.05, 0) is 50.7 Å². The maximum atomic E-state index is 12.1. The fraction of sp³-hybridized carbons (Fsp3) is 0.625. The molecule has 2 aliphatic carbocycles. The normalized spacial score (nSPS) is 26.1. The smallest absolute Gasteiger partial charge is 0.223 e. The van der Waals surface area contributed by atoms with Crippen molar-refractivity contribution in [1.29, 1.82) is 0 Å². The van der Waals surface area contributed by atoms with Gasteiger partial charge in [0.2, 0.25) is 5.91 Å². The number of aromatic nitrogens is 1. The van der Waals surface area contributed by atoms with Gasteiger partial charge in [0.15, 0.2) is 0 Å². The Balaban J connectivity index is 1.54. The molecule has 0 unspecified atom stereocenters. The molecule has 4 heteroatoms. The fourth-order valence-electron chi connectivity index (χ4n) is 2.87. The van der Waals surface area contributed by atoms with Crippen LogP contribution in [0.25, 0.3) is 0 Å². The first-order valence-corrected chi connectivity index (χ1v) is 7.70. The van der Waals surface area contributed by atoms with Gasteiger partial charge in [0.05, 0.1) is 0 Å². The van der Waals surface area contributed by atoms with E-state index in [-0.39, 0.29) is 11.8 Å². The topological polar surface area (TPSA) is 54.0 Å². The number of nitrogens with zero attached hydrogens (tertiary/aromatic N) is 1. The molecule has 0 saturated heterocycles. The van der Waals surface area contributed by atoms with Crippen LogP contribution in [0, 0.1) is 12.8 Å². The Morgan fingerprint density at radius 2 is 2.05 bits per heavy atom. The highest BCUT2D eigenvalue weighted by Gasteiger charge is 2.31. The van der Waals surface area contributed by atoms with Gasteiger partial charge < -0.3 is 10.6 Å². The molecule has 1 aromatic heterocycles. The minimum atomic E-state index is 0.173. The maximum Gasteiger partial charge on any atom is 0.223 e. The first-order valence-electron chi connectivity index (χ1n) is 7.70. The van der Waals surface area contributed by atoms with Gasteiger partial charge in [-0.1, -0.05) is 12.5 Å². The Hall–Kier alpha value is -1.58. The average Bonchev–Trinajstić information content (AvgIpc) is 3.26. The molecule has 0 spiro atoms. The Kier molecular flexibility index (Phi) is 3.90. The minimum Gasteiger partial charge on any atom is -0.367 e. The number of anilines is 1. The molecular weight excluding hydrogens is 250 g/mol. The summed E-state index contributed by atoms with van der Waals surface area (Å²) in [4.78, 5) is 16.5. The highest BCUT2D eigenvalue weighted by atomic mass is 16.2. The van der Waals surface area contributed by atoms with Gasteiger partial charge in [-0.2, -0.15) is 0 Å². The van der Waals surface area contributed by atoms with Gasteiger partial charge in [0.1, 0.15) is 5.82 Å². The minimum absolute atomic E-state index is 0.173. The van der Waals surface area contributed by atoms with Gasteiger partial charge in [-0.15, -0.1) is 0 Å². The van der Waals surface area contributed by atoms with E-state index < -0.39 is 0 Å². The Bertz CT molecular complexity index is 467. The third-order valence-corrected chi connectivity index (χ3v) is 4.23. The van der Waals surface area contributed by atoms with E-state index in [1.165, 1.54) is 5.56 Å². The molecule has 2 N–H and O–H groups in total. The second-order valence-electron chi connectivity index (χ2n) is 6.21. The molecular formula is C16H23N3O. The molecule has 0 aromatic carbocycles. The first kappa shape index (κ1) is 13.4. The molecule has 108 valence electrons. The molecule has 2 fully saturated rings. The van der Waals surface area contributed by atoms with Gasteiger partial charge >= 0.3 is 0 Å². The summed E-state index contributed by atoms with van der Waals surface area (Å²) in [6.07, 6.45) is 8.39. The van der Waals surface area contributed by atoms with Crippen LogP contribution in [0.4, 0.5) is 5.82 Å². The summed E-state index contributed by atoms with van der Waals surface area (Å²) in [6, 6.07) is 4.92. The molecule has 0 aliphatic heterocycles. The molecule has 2 aliphatic rings. The number of carbonyl (C=O) groups is 1. The van der Waals surface area contributed by atoms with Crippen LogP contribution in [0.15, 0.2) is 18.3 Å². The van der Waals surface area contributed by atoms with Crippen LogP contribution >= 0.6 is 0 Å². The molecule has 3 rings (SSSR count). The number of hydrogen-bond donors (Lipinski definition) is 2. The van der Waals surface area contributed by atoms with E-state index >= 15 is 0 Å². The lowest BCUT2D eigenvalue weighted by Crippen LogP contribution is -2.38. The van der Waals surface area contributed by atoms with E-state index in [1.54, 1.807) is 0 Å². The van der Waals surface area contributed by atoms with E-state index in [2.05, 4.69) is 21.7 Å². The molecule has 2 saturated carbocycles. The number of aryl methyl sites for hydroxylation is 1. The predicted octanol–water partition coefficient (Wildman–Crippen LogP) is 2.64. The monoisotopic (exact) mass is 273 g/mol. The maximum absolute atomic E-state index is 12.1. The van der Waals surface area contributed by atoms with Crippen LogP contribution in [0.1, 0.15) is 44.1 Å². The van der Waals surface area contributed by atoms with Crippen LogP contribution in [-0.4, -0.2) is 23.0 Å². The van der Waals surface area contributed by atoms with Crippen LogP contribution in [-0.2, 0) is 4.79 Å². The van der Waals surface area contributed by atoms with Crippen LogP contribution < -0.4 is 10.6 Å². The Morgan fingerprint density at radius 1 is 1.20 bits per heavy atom. The van der Waals surface area contributed by atoms with Crippen LogP contribution in [0.5, 0.6) is 0 Å². The number of amides is 1. The van der Waals surface area contributed by atoms with Crippen molar-refractivity contribution >= 4 is 11.7 Å². The molecule has 1 heterocycles. The second kappa shape index (κ2) is 5.81. The summed E-state index contributed by atoms with van der Waals surface area (Å²) in [6.45, 7) is 2.04. The van der Waals surface area contributed by atoms with Crippen molar-refractivity contribution in [3.63, 3.8) is 0 Å². The summed E-state index contributed by atoms with van der Waals surface area (Å²) in [5.74, 6) is 1.35. The van der Waals surface area contributed by atoms with Crippen LogP contribution in [0.2, 0.25) is 0 Å². The molecule has 2 atom stereocenters. The fourth-order valence-corrected chi connectivity index (χ4v) is 2.87. The Labute approximate surface area is 120 Å². The molecule has 20 heavy (non-hydrogen) atoms. The van der Waals surface area contributed by atoms with Crippen molar-refractivity contribution in [3.8, 4) is 0 Å². The first-order chi connectivity index (χ1) is 9.70. The van der Waals surface area contributed by atoms with Crippen molar-refractivity contribution in [3.05, 3.63) is 23.9 Å². The van der Waals surface area contributed by atoms with Gasteiger partial charge in [0, 0.05) is 24.2 Å². The summed E-state index contributed by atoms with van der Waals surface area (Å²) >= 11 is 0. The third kappa shape index (κ3) is 3.50. The summed E-state index contributed by atoms with van der Waals surface area (Å²) in [7, 11) is 0. The molecule has 1 aromatic rings. The van der Waals surface area contributed by atoms with Crippen molar-refractivity contribution in [1.82, 2.24) is 10.3 Å². The SMILES string of the molecule is Cc1ccc(N[C@@H]2CCC[C@H](C(=O)NC3CC3)C2)nc1. The zero-order chi connectivity index (χ0) is 13.9. The van der Waals surface area contributed by atoms with E-state index in [0.29, 0.717) is 12.1 Å². The average molecular weight is 273 g/mol. The summed E-state index contributed by atoms with van der Waals surface area (Å²) < 4.78 is 0. The molecule has 1 amide bonds. The van der Waals surface area contributed by atoms with Crippen molar-refractivity contribution in [2.24, 2.45) is 5.92 Å². The van der Waals surface area contributed by atoms with E-state index in [4.69, 9.17) is 0 Å². The van der Waals surface area contributed by atoms with Gasteiger partial charge in [-0.3, -0.25) is 4.79 Å². The standard InChI is InChI=1S/C16H23N3O/c1-11-5-8-15(17-10-11)18-14-4-2-3-12(9-14)16(20)19-13-6-7-13/h5,8,10,12-14H,2-4,6-7,9H2,1H3,(H,17,18)(H,19,20)/t12-,14+/m0/s1. The number of pyridine rings is 1. The highest BCUT2D eigenvalue weighted by molar-refractivity contribution is 5.79. The quantitative estimate of drug-likeness (QED) is 0.886. The lowest BCUT2D eigenvalue weighted by atomic mass is 9.85. The number of nitrogens with one attached hydrogen (secondary N) is 2. The number of rotatable bonds is 4. The van der Waals surface area contributed by atoms with Gasteiger partial charge in [0.25, 0.3) is 0 Å². The number of carbonyl (C=O) groups excluding carboxylic acids is 1. The molecule has 0 bridgehead atoms. The predicted molar refractivity (Wildman–Crippen MR) is 79.5 cm³/mol. The van der Waals surface area contributed by atoms with Gasteiger partial charge in [-0.25, -0.2) is 4.98 Å². The lowest BCUT2D eigenvalue weighted by molar-refractivity contribution is -0.126. The summed E-state index contributed by atoms with van der Waals surface area (Å²) in [5.41, 5.74) is 1.17. The van der Waals surface area contributed by atoms with E-state index in [0.717, 1.165) is 44.3 Å². The van der Waals surface area contributed by atoms with E-state index in [1.807, 2.05) is 19.2 Å². The zero-order valence-electron chi connectivity index (χ0n) is 12.1. The number of hydrogen-bond acceptors (Lipinski definition) is 3. The Morgan fingerprint density at radius 3 is 2.75 bits per heavy atom. The summed E-state index contributed by atoms with van der Waals surface area (Å²) in [5, 5.41) is 6.60.